The first-order valence-electron chi connectivity index (χ1n) is 8.24. The smallest absolute Gasteiger partial charge is 0.339 e. The van der Waals surface area contributed by atoms with Gasteiger partial charge in [0, 0.05) is 19.3 Å². The number of benzene rings is 1. The largest absolute Gasteiger partial charge is 0.462 e. The van der Waals surface area contributed by atoms with Crippen LogP contribution in [0.15, 0.2) is 42.6 Å². The van der Waals surface area contributed by atoms with Crippen LogP contribution in [0.2, 0.25) is 0 Å². The van der Waals surface area contributed by atoms with Crippen molar-refractivity contribution >= 4 is 11.8 Å². The summed E-state index contributed by atoms with van der Waals surface area (Å²) in [6.07, 6.45) is 1.61. The molecule has 5 heteroatoms. The molecule has 1 saturated heterocycles. The van der Waals surface area contributed by atoms with Gasteiger partial charge in [-0.25, -0.2) is 9.78 Å². The molecule has 0 saturated carbocycles. The Labute approximate surface area is 142 Å². The first kappa shape index (κ1) is 16.5. The molecule has 1 aliphatic rings. The Morgan fingerprint density at radius 3 is 2.88 bits per heavy atom. The van der Waals surface area contributed by atoms with E-state index in [1.807, 2.05) is 18.2 Å². The highest BCUT2D eigenvalue weighted by atomic mass is 16.5. The Balaban J connectivity index is 1.73. The van der Waals surface area contributed by atoms with Crippen LogP contribution in [0.4, 0.5) is 5.82 Å². The quantitative estimate of drug-likeness (QED) is 0.808. The average molecular weight is 326 g/mol. The van der Waals surface area contributed by atoms with Crippen LogP contribution in [0.1, 0.15) is 34.5 Å². The predicted octanol–water partition coefficient (Wildman–Crippen LogP) is 3.14. The summed E-state index contributed by atoms with van der Waals surface area (Å²) in [7, 11) is 0. The summed E-state index contributed by atoms with van der Waals surface area (Å²) in [5.74, 6) is 0.515. The van der Waals surface area contributed by atoms with Crippen molar-refractivity contribution in [1.82, 2.24) is 4.98 Å². The van der Waals surface area contributed by atoms with Gasteiger partial charge in [-0.3, -0.25) is 0 Å². The third-order valence-electron chi connectivity index (χ3n) is 4.18. The predicted molar refractivity (Wildman–Crippen MR) is 92.3 cm³/mol. The number of pyridine rings is 1. The highest BCUT2D eigenvalue weighted by molar-refractivity contribution is 5.89. The summed E-state index contributed by atoms with van der Waals surface area (Å²) in [5, 5.41) is 0. The van der Waals surface area contributed by atoms with Gasteiger partial charge in [0.1, 0.15) is 11.9 Å². The molecule has 0 spiro atoms. The van der Waals surface area contributed by atoms with Gasteiger partial charge in [-0.05, 0) is 37.1 Å². The van der Waals surface area contributed by atoms with Crippen LogP contribution in [0.25, 0.3) is 0 Å². The van der Waals surface area contributed by atoms with Crippen molar-refractivity contribution < 1.29 is 14.3 Å². The fourth-order valence-electron chi connectivity index (χ4n) is 2.90. The number of carbonyl (C=O) groups excluding carboxylic acids is 1. The maximum Gasteiger partial charge on any atom is 0.339 e. The Hall–Kier alpha value is -2.40. The second kappa shape index (κ2) is 7.45. The molecule has 2 aromatic rings. The summed E-state index contributed by atoms with van der Waals surface area (Å²) in [5.41, 5.74) is 2.92. The number of esters is 1. The lowest BCUT2D eigenvalue weighted by molar-refractivity contribution is 0.0391. The van der Waals surface area contributed by atoms with Crippen LogP contribution in [-0.2, 0) is 9.47 Å². The second-order valence-electron chi connectivity index (χ2n) is 5.79. The summed E-state index contributed by atoms with van der Waals surface area (Å²) < 4.78 is 10.9. The molecule has 126 valence electrons. The molecule has 1 unspecified atom stereocenters. The van der Waals surface area contributed by atoms with Crippen molar-refractivity contribution in [2.45, 2.75) is 20.0 Å². The molecule has 0 amide bonds. The fourth-order valence-corrected chi connectivity index (χ4v) is 2.90. The van der Waals surface area contributed by atoms with Crippen molar-refractivity contribution in [1.29, 1.82) is 0 Å². The minimum absolute atomic E-state index is 0.0338. The second-order valence-corrected chi connectivity index (χ2v) is 5.79. The monoisotopic (exact) mass is 326 g/mol. The van der Waals surface area contributed by atoms with Crippen LogP contribution in [-0.4, -0.2) is 37.3 Å². The van der Waals surface area contributed by atoms with Gasteiger partial charge in [-0.1, -0.05) is 24.3 Å². The molecule has 5 nitrogen and oxygen atoms in total. The van der Waals surface area contributed by atoms with E-state index in [1.165, 1.54) is 11.1 Å². The van der Waals surface area contributed by atoms with Crippen LogP contribution in [0, 0.1) is 6.92 Å². The van der Waals surface area contributed by atoms with Gasteiger partial charge < -0.3 is 14.4 Å². The Morgan fingerprint density at radius 2 is 2.17 bits per heavy atom. The van der Waals surface area contributed by atoms with Crippen LogP contribution in [0.5, 0.6) is 0 Å². The molecule has 0 aliphatic carbocycles. The molecule has 1 fully saturated rings. The molecule has 1 aromatic carbocycles. The van der Waals surface area contributed by atoms with Crippen molar-refractivity contribution in [3.63, 3.8) is 0 Å². The molecule has 1 atom stereocenters. The first-order valence-corrected chi connectivity index (χ1v) is 8.24. The maximum absolute atomic E-state index is 11.7. The molecule has 0 radical (unpaired) electrons. The fraction of sp³-hybridized carbons (Fsp3) is 0.368. The van der Waals surface area contributed by atoms with Crippen molar-refractivity contribution in [2.24, 2.45) is 0 Å². The van der Waals surface area contributed by atoms with Gasteiger partial charge in [0.2, 0.25) is 0 Å². The molecule has 1 aromatic heterocycles. The number of morpholine rings is 1. The minimum Gasteiger partial charge on any atom is -0.462 e. The molecular formula is C19H22N2O3. The van der Waals surface area contributed by atoms with E-state index < -0.39 is 0 Å². The van der Waals surface area contributed by atoms with Crippen molar-refractivity contribution in [2.75, 3.05) is 31.2 Å². The summed E-state index contributed by atoms with van der Waals surface area (Å²) in [4.78, 5) is 18.3. The summed E-state index contributed by atoms with van der Waals surface area (Å²) in [6, 6.07) is 11.9. The third kappa shape index (κ3) is 3.57. The zero-order valence-corrected chi connectivity index (χ0v) is 14.1. The Bertz CT molecular complexity index is 700. The van der Waals surface area contributed by atoms with Gasteiger partial charge in [0.25, 0.3) is 0 Å². The maximum atomic E-state index is 11.7. The number of ether oxygens (including phenoxy) is 2. The van der Waals surface area contributed by atoms with Crippen LogP contribution >= 0.6 is 0 Å². The van der Waals surface area contributed by atoms with Gasteiger partial charge in [-0.15, -0.1) is 0 Å². The van der Waals surface area contributed by atoms with E-state index in [0.29, 0.717) is 18.8 Å². The number of rotatable bonds is 4. The van der Waals surface area contributed by atoms with E-state index in [4.69, 9.17) is 9.47 Å². The third-order valence-corrected chi connectivity index (χ3v) is 4.18. The normalized spacial score (nSPS) is 17.6. The van der Waals surface area contributed by atoms with E-state index in [1.54, 1.807) is 19.2 Å². The van der Waals surface area contributed by atoms with Crippen molar-refractivity contribution in [3.8, 4) is 0 Å². The van der Waals surface area contributed by atoms with E-state index in [2.05, 4.69) is 28.9 Å². The SMILES string of the molecule is CCOC(=O)c1ccc(N2CCOC(c3ccccc3C)C2)nc1. The number of carbonyl (C=O) groups is 1. The topological polar surface area (TPSA) is 51.7 Å². The van der Waals surface area contributed by atoms with Gasteiger partial charge >= 0.3 is 5.97 Å². The van der Waals surface area contributed by atoms with Gasteiger partial charge in [0.15, 0.2) is 0 Å². The average Bonchev–Trinajstić information content (AvgIpc) is 2.62. The standard InChI is InChI=1S/C19H22N2O3/c1-3-23-19(22)15-8-9-18(20-12-15)21-10-11-24-17(13-21)16-7-5-4-6-14(16)2/h4-9,12,17H,3,10-11,13H2,1-2H3. The number of anilines is 1. The molecular weight excluding hydrogens is 304 g/mol. The number of aryl methyl sites for hydroxylation is 1. The van der Waals surface area contributed by atoms with E-state index >= 15 is 0 Å². The summed E-state index contributed by atoms with van der Waals surface area (Å²) in [6.45, 7) is 6.44. The Kier molecular flexibility index (Phi) is 5.11. The van der Waals surface area contributed by atoms with E-state index in [9.17, 15) is 4.79 Å². The number of aromatic nitrogens is 1. The van der Waals surface area contributed by atoms with Gasteiger partial charge in [-0.2, -0.15) is 0 Å². The number of nitrogens with zero attached hydrogens (tertiary/aromatic N) is 2. The lowest BCUT2D eigenvalue weighted by atomic mass is 10.0. The zero-order chi connectivity index (χ0) is 16.9. The van der Waals surface area contributed by atoms with Crippen molar-refractivity contribution in [3.05, 3.63) is 59.3 Å². The van der Waals surface area contributed by atoms with E-state index in [-0.39, 0.29) is 12.1 Å². The van der Waals surface area contributed by atoms with E-state index in [0.717, 1.165) is 18.9 Å². The molecule has 1 aliphatic heterocycles. The molecule has 24 heavy (non-hydrogen) atoms. The minimum atomic E-state index is -0.337. The molecule has 3 rings (SSSR count). The molecule has 0 N–H and O–H groups in total. The highest BCUT2D eigenvalue weighted by Crippen LogP contribution is 2.27. The number of hydrogen-bond donors (Lipinski definition) is 0. The van der Waals surface area contributed by atoms with Gasteiger partial charge in [0.05, 0.1) is 18.8 Å². The molecule has 0 bridgehead atoms. The lowest BCUT2D eigenvalue weighted by Crippen LogP contribution is -2.39. The Morgan fingerprint density at radius 1 is 1.33 bits per heavy atom. The first-order chi connectivity index (χ1) is 11.7. The van der Waals surface area contributed by atoms with Crippen LogP contribution in [0.3, 0.4) is 0 Å². The molecule has 2 heterocycles. The zero-order valence-electron chi connectivity index (χ0n) is 14.1. The van der Waals surface area contributed by atoms with Crippen LogP contribution < -0.4 is 4.90 Å². The lowest BCUT2D eigenvalue weighted by Gasteiger charge is -2.34. The number of hydrogen-bond acceptors (Lipinski definition) is 5. The summed E-state index contributed by atoms with van der Waals surface area (Å²) >= 11 is 0. The highest BCUT2D eigenvalue weighted by Gasteiger charge is 2.24.